The number of allylic oxidation sites excluding steroid dienone is 2. The molecule has 0 aromatic heterocycles. The maximum atomic E-state index is 11.2. The molecule has 1 fully saturated rings. The van der Waals surface area contributed by atoms with Crippen LogP contribution in [0.15, 0.2) is 12.2 Å². The van der Waals surface area contributed by atoms with E-state index in [1.54, 1.807) is 0 Å². The van der Waals surface area contributed by atoms with Crippen LogP contribution in [0.2, 0.25) is 0 Å². The quantitative estimate of drug-likeness (QED) is 0.725. The van der Waals surface area contributed by atoms with E-state index in [1.165, 1.54) is 0 Å². The monoisotopic (exact) mass is 210 g/mol. The van der Waals surface area contributed by atoms with E-state index in [0.29, 0.717) is 18.4 Å². The van der Waals surface area contributed by atoms with Gasteiger partial charge in [0, 0.05) is 6.61 Å². The highest BCUT2D eigenvalue weighted by Crippen LogP contribution is 2.45. The lowest BCUT2D eigenvalue weighted by atomic mass is 9.81. The molecule has 15 heavy (non-hydrogen) atoms. The molecular formula is C12H18O3. The number of hydrogen-bond donors (Lipinski definition) is 1. The summed E-state index contributed by atoms with van der Waals surface area (Å²) >= 11 is 0. The Balaban J connectivity index is 2.13. The summed E-state index contributed by atoms with van der Waals surface area (Å²) in [6.45, 7) is 2.54. The van der Waals surface area contributed by atoms with Gasteiger partial charge in [-0.3, -0.25) is 4.79 Å². The summed E-state index contributed by atoms with van der Waals surface area (Å²) in [5.74, 6) is -0.159. The van der Waals surface area contributed by atoms with Crippen molar-refractivity contribution in [1.29, 1.82) is 0 Å². The van der Waals surface area contributed by atoms with Crippen LogP contribution in [-0.2, 0) is 9.53 Å². The van der Waals surface area contributed by atoms with Crippen LogP contribution in [0, 0.1) is 17.8 Å². The van der Waals surface area contributed by atoms with Crippen LogP contribution in [0.25, 0.3) is 0 Å². The molecular weight excluding hydrogens is 192 g/mol. The Hall–Kier alpha value is -0.830. The molecule has 0 aliphatic heterocycles. The molecule has 0 saturated heterocycles. The van der Waals surface area contributed by atoms with E-state index >= 15 is 0 Å². The smallest absolute Gasteiger partial charge is 0.309 e. The molecule has 1 saturated carbocycles. The van der Waals surface area contributed by atoms with Gasteiger partial charge < -0.3 is 9.84 Å². The van der Waals surface area contributed by atoms with Gasteiger partial charge in [0.05, 0.1) is 12.0 Å². The normalized spacial score (nSPS) is 39.0. The van der Waals surface area contributed by atoms with Gasteiger partial charge in [0.15, 0.2) is 0 Å². The van der Waals surface area contributed by atoms with E-state index in [9.17, 15) is 9.90 Å². The topological polar surface area (TPSA) is 46.5 Å². The minimum atomic E-state index is -0.684. The van der Waals surface area contributed by atoms with Crippen LogP contribution in [0.4, 0.5) is 0 Å². The highest BCUT2D eigenvalue weighted by atomic mass is 16.5. The first-order valence-corrected chi connectivity index (χ1v) is 5.73. The summed E-state index contributed by atoms with van der Waals surface area (Å²) in [6, 6.07) is 0. The standard InChI is InChI=1S/C12H18O3/c1-2-15-10-7-8-5-3-4-6-9(8)11(10)12(13)14/h3-4,8-11H,2,5-7H2,1H3,(H,13,14)/t8-,9+,10+,11+/m0/s1. The predicted octanol–water partition coefficient (Wildman–Crippen LogP) is 2.08. The molecule has 2 aliphatic carbocycles. The number of aliphatic carboxylic acids is 1. The third-order valence-electron chi connectivity index (χ3n) is 3.68. The molecule has 0 radical (unpaired) electrons. The predicted molar refractivity (Wildman–Crippen MR) is 56.5 cm³/mol. The van der Waals surface area contributed by atoms with Gasteiger partial charge in [0.25, 0.3) is 0 Å². The van der Waals surface area contributed by atoms with E-state index in [4.69, 9.17) is 4.74 Å². The molecule has 3 heteroatoms. The molecule has 0 aromatic carbocycles. The molecule has 84 valence electrons. The van der Waals surface area contributed by atoms with Gasteiger partial charge in [0.1, 0.15) is 0 Å². The molecule has 0 heterocycles. The van der Waals surface area contributed by atoms with Crippen molar-refractivity contribution in [2.75, 3.05) is 6.61 Å². The summed E-state index contributed by atoms with van der Waals surface area (Å²) in [7, 11) is 0. The molecule has 2 aliphatic rings. The fraction of sp³-hybridized carbons (Fsp3) is 0.750. The van der Waals surface area contributed by atoms with E-state index in [0.717, 1.165) is 19.3 Å². The van der Waals surface area contributed by atoms with Crippen molar-refractivity contribution >= 4 is 5.97 Å². The van der Waals surface area contributed by atoms with Crippen molar-refractivity contribution in [2.45, 2.75) is 32.3 Å². The number of carboxylic acids is 1. The zero-order chi connectivity index (χ0) is 10.8. The Kier molecular flexibility index (Phi) is 3.10. The lowest BCUT2D eigenvalue weighted by molar-refractivity contribution is -0.148. The molecule has 3 nitrogen and oxygen atoms in total. The summed E-state index contributed by atoms with van der Waals surface area (Å²) in [5, 5.41) is 9.25. The van der Waals surface area contributed by atoms with Gasteiger partial charge in [-0.05, 0) is 38.0 Å². The Labute approximate surface area is 90.1 Å². The lowest BCUT2D eigenvalue weighted by Crippen LogP contribution is -2.30. The van der Waals surface area contributed by atoms with Crippen LogP contribution in [-0.4, -0.2) is 23.8 Å². The van der Waals surface area contributed by atoms with Crippen LogP contribution in [0.1, 0.15) is 26.2 Å². The molecule has 4 atom stereocenters. The molecule has 2 rings (SSSR count). The number of carbonyl (C=O) groups is 1. The molecule has 0 aromatic rings. The van der Waals surface area contributed by atoms with Gasteiger partial charge >= 0.3 is 5.97 Å². The van der Waals surface area contributed by atoms with Crippen molar-refractivity contribution in [3.05, 3.63) is 12.2 Å². The Morgan fingerprint density at radius 2 is 2.20 bits per heavy atom. The lowest BCUT2D eigenvalue weighted by Gasteiger charge is -2.24. The van der Waals surface area contributed by atoms with Gasteiger partial charge in [-0.15, -0.1) is 0 Å². The van der Waals surface area contributed by atoms with E-state index in [2.05, 4.69) is 12.2 Å². The molecule has 0 unspecified atom stereocenters. The third-order valence-corrected chi connectivity index (χ3v) is 3.68. The van der Waals surface area contributed by atoms with Gasteiger partial charge in [0.2, 0.25) is 0 Å². The largest absolute Gasteiger partial charge is 0.481 e. The first kappa shape index (κ1) is 10.7. The summed E-state index contributed by atoms with van der Waals surface area (Å²) in [4.78, 5) is 11.2. The van der Waals surface area contributed by atoms with Crippen LogP contribution >= 0.6 is 0 Å². The van der Waals surface area contributed by atoms with Crippen LogP contribution in [0.3, 0.4) is 0 Å². The molecule has 0 amide bonds. The van der Waals surface area contributed by atoms with Gasteiger partial charge in [-0.1, -0.05) is 12.2 Å². The Bertz CT molecular complexity index is 272. The second-order valence-electron chi connectivity index (χ2n) is 4.46. The van der Waals surface area contributed by atoms with Crippen molar-refractivity contribution in [1.82, 2.24) is 0 Å². The summed E-state index contributed by atoms with van der Waals surface area (Å²) in [6.07, 6.45) is 7.07. The SMILES string of the molecule is CCO[C@@H]1C[C@@H]2CC=CC[C@H]2[C@H]1C(=O)O. The highest BCUT2D eigenvalue weighted by Gasteiger charge is 2.47. The minimum Gasteiger partial charge on any atom is -0.481 e. The van der Waals surface area contributed by atoms with Gasteiger partial charge in [-0.2, -0.15) is 0 Å². The summed E-state index contributed by atoms with van der Waals surface area (Å²) < 4.78 is 5.56. The average molecular weight is 210 g/mol. The second-order valence-corrected chi connectivity index (χ2v) is 4.46. The van der Waals surface area contributed by atoms with E-state index in [-0.39, 0.29) is 12.0 Å². The second kappa shape index (κ2) is 4.35. The molecule has 0 bridgehead atoms. The highest BCUT2D eigenvalue weighted by molar-refractivity contribution is 5.71. The maximum absolute atomic E-state index is 11.2. The number of hydrogen-bond acceptors (Lipinski definition) is 2. The van der Waals surface area contributed by atoms with Crippen molar-refractivity contribution in [3.8, 4) is 0 Å². The van der Waals surface area contributed by atoms with Crippen molar-refractivity contribution in [3.63, 3.8) is 0 Å². The molecule has 0 spiro atoms. The Morgan fingerprint density at radius 1 is 1.47 bits per heavy atom. The van der Waals surface area contributed by atoms with E-state index < -0.39 is 5.97 Å². The average Bonchev–Trinajstić information content (AvgIpc) is 2.56. The fourth-order valence-corrected chi connectivity index (χ4v) is 3.05. The number of ether oxygens (including phenoxy) is 1. The third kappa shape index (κ3) is 1.93. The molecule has 1 N–H and O–H groups in total. The van der Waals surface area contributed by atoms with Crippen molar-refractivity contribution in [2.24, 2.45) is 17.8 Å². The maximum Gasteiger partial charge on any atom is 0.309 e. The van der Waals surface area contributed by atoms with Gasteiger partial charge in [-0.25, -0.2) is 0 Å². The number of carboxylic acid groups (broad SMARTS) is 1. The zero-order valence-electron chi connectivity index (χ0n) is 9.06. The first-order chi connectivity index (χ1) is 7.24. The fourth-order valence-electron chi connectivity index (χ4n) is 3.05. The zero-order valence-corrected chi connectivity index (χ0v) is 9.06. The number of fused-ring (bicyclic) bond motifs is 1. The van der Waals surface area contributed by atoms with Crippen LogP contribution in [0.5, 0.6) is 0 Å². The van der Waals surface area contributed by atoms with E-state index in [1.807, 2.05) is 6.92 Å². The Morgan fingerprint density at radius 3 is 2.87 bits per heavy atom. The van der Waals surface area contributed by atoms with Crippen LogP contribution < -0.4 is 0 Å². The number of rotatable bonds is 3. The van der Waals surface area contributed by atoms with Crippen molar-refractivity contribution < 1.29 is 14.6 Å². The minimum absolute atomic E-state index is 0.0672. The first-order valence-electron chi connectivity index (χ1n) is 5.73. The summed E-state index contributed by atoms with van der Waals surface area (Å²) in [5.41, 5.74) is 0.